The van der Waals surface area contributed by atoms with Crippen LogP contribution in [-0.4, -0.2) is 28.7 Å². The van der Waals surface area contributed by atoms with Gasteiger partial charge < -0.3 is 15.0 Å². The number of thioether (sulfide) groups is 1. The Morgan fingerprint density at radius 1 is 1.29 bits per heavy atom. The van der Waals surface area contributed by atoms with Crippen LogP contribution in [0.1, 0.15) is 6.42 Å². The number of carbonyl (C=O) groups is 1. The number of benzene rings is 2. The minimum Gasteiger partial charge on any atom is -0.497 e. The van der Waals surface area contributed by atoms with Crippen LogP contribution in [-0.2, 0) is 4.79 Å². The van der Waals surface area contributed by atoms with Gasteiger partial charge in [0.05, 0.1) is 18.1 Å². The molecule has 0 aliphatic rings. The van der Waals surface area contributed by atoms with E-state index in [-0.39, 0.29) is 5.91 Å². The summed E-state index contributed by atoms with van der Waals surface area (Å²) in [5, 5.41) is 4.31. The van der Waals surface area contributed by atoms with Gasteiger partial charge in [0.25, 0.3) is 0 Å². The highest BCUT2D eigenvalue weighted by Crippen LogP contribution is 2.23. The maximum absolute atomic E-state index is 12.0. The number of H-pyrrole nitrogens is 1. The van der Waals surface area contributed by atoms with Gasteiger partial charge in [0.2, 0.25) is 5.91 Å². The number of aromatic nitrogens is 2. The maximum atomic E-state index is 12.0. The van der Waals surface area contributed by atoms with Crippen LogP contribution in [0.15, 0.2) is 47.6 Å². The SMILES string of the molecule is COc1ccc(NC(=O)CCSc2nc3ccc(Cl)cc3[nH]2)cc1. The maximum Gasteiger partial charge on any atom is 0.225 e. The molecule has 0 unspecified atom stereocenters. The summed E-state index contributed by atoms with van der Waals surface area (Å²) in [6.45, 7) is 0. The quantitative estimate of drug-likeness (QED) is 0.641. The fraction of sp³-hybridized carbons (Fsp3) is 0.176. The molecule has 0 fully saturated rings. The van der Waals surface area contributed by atoms with E-state index in [1.54, 1.807) is 7.11 Å². The summed E-state index contributed by atoms with van der Waals surface area (Å²) in [5.41, 5.74) is 2.52. The minimum atomic E-state index is -0.0353. The first-order valence-corrected chi connectivity index (χ1v) is 8.72. The van der Waals surface area contributed by atoms with Crippen molar-refractivity contribution in [3.63, 3.8) is 0 Å². The van der Waals surface area contributed by atoms with Crippen LogP contribution in [0, 0.1) is 0 Å². The molecule has 2 aromatic carbocycles. The second-order valence-electron chi connectivity index (χ2n) is 5.08. The van der Waals surface area contributed by atoms with Crippen molar-refractivity contribution < 1.29 is 9.53 Å². The molecule has 0 atom stereocenters. The smallest absolute Gasteiger partial charge is 0.225 e. The highest BCUT2D eigenvalue weighted by molar-refractivity contribution is 7.99. The average Bonchev–Trinajstić information content (AvgIpc) is 2.97. The van der Waals surface area contributed by atoms with E-state index in [1.807, 2.05) is 42.5 Å². The number of anilines is 1. The predicted molar refractivity (Wildman–Crippen MR) is 98.1 cm³/mol. The molecule has 24 heavy (non-hydrogen) atoms. The lowest BCUT2D eigenvalue weighted by Crippen LogP contribution is -2.12. The summed E-state index contributed by atoms with van der Waals surface area (Å²) < 4.78 is 5.09. The number of halogens is 1. The molecule has 3 rings (SSSR count). The monoisotopic (exact) mass is 361 g/mol. The van der Waals surface area contributed by atoms with Crippen molar-refractivity contribution in [1.29, 1.82) is 0 Å². The molecular weight excluding hydrogens is 346 g/mol. The molecule has 1 aromatic heterocycles. The molecule has 7 heteroatoms. The van der Waals surface area contributed by atoms with E-state index in [4.69, 9.17) is 16.3 Å². The number of hydrogen-bond acceptors (Lipinski definition) is 4. The topological polar surface area (TPSA) is 67.0 Å². The van der Waals surface area contributed by atoms with Crippen molar-refractivity contribution >= 4 is 46.0 Å². The van der Waals surface area contributed by atoms with E-state index in [1.165, 1.54) is 11.8 Å². The Labute approximate surface area is 148 Å². The number of nitrogens with one attached hydrogen (secondary N) is 2. The third-order valence-corrected chi connectivity index (χ3v) is 4.47. The van der Waals surface area contributed by atoms with E-state index in [0.717, 1.165) is 27.6 Å². The van der Waals surface area contributed by atoms with Gasteiger partial charge >= 0.3 is 0 Å². The van der Waals surface area contributed by atoms with Crippen molar-refractivity contribution in [2.45, 2.75) is 11.6 Å². The lowest BCUT2D eigenvalue weighted by molar-refractivity contribution is -0.115. The molecule has 2 N–H and O–H groups in total. The van der Waals surface area contributed by atoms with Gasteiger partial charge in [-0.1, -0.05) is 23.4 Å². The van der Waals surface area contributed by atoms with Crippen molar-refractivity contribution in [3.05, 3.63) is 47.5 Å². The first-order chi connectivity index (χ1) is 11.6. The number of methoxy groups -OCH3 is 1. The number of hydrogen-bond donors (Lipinski definition) is 2. The van der Waals surface area contributed by atoms with Crippen LogP contribution in [0.3, 0.4) is 0 Å². The van der Waals surface area contributed by atoms with Gasteiger partial charge in [-0.15, -0.1) is 0 Å². The summed E-state index contributed by atoms with van der Waals surface area (Å²) in [5.74, 6) is 1.36. The molecule has 1 heterocycles. The first kappa shape index (κ1) is 16.7. The molecule has 3 aromatic rings. The van der Waals surface area contributed by atoms with E-state index in [2.05, 4.69) is 15.3 Å². The molecule has 0 spiro atoms. The van der Waals surface area contributed by atoms with Crippen LogP contribution in [0.4, 0.5) is 5.69 Å². The average molecular weight is 362 g/mol. The highest BCUT2D eigenvalue weighted by Gasteiger charge is 2.07. The van der Waals surface area contributed by atoms with E-state index in [9.17, 15) is 4.79 Å². The van der Waals surface area contributed by atoms with Crippen LogP contribution < -0.4 is 10.1 Å². The Hall–Kier alpha value is -2.18. The molecule has 0 aliphatic carbocycles. The van der Waals surface area contributed by atoms with E-state index >= 15 is 0 Å². The Kier molecular flexibility index (Phi) is 5.27. The number of aromatic amines is 1. The van der Waals surface area contributed by atoms with Crippen LogP contribution in [0.2, 0.25) is 5.02 Å². The first-order valence-electron chi connectivity index (χ1n) is 7.36. The van der Waals surface area contributed by atoms with Crippen LogP contribution >= 0.6 is 23.4 Å². The van der Waals surface area contributed by atoms with Gasteiger partial charge in [-0.2, -0.15) is 0 Å². The van der Waals surface area contributed by atoms with Crippen molar-refractivity contribution in [3.8, 4) is 5.75 Å². The van der Waals surface area contributed by atoms with Gasteiger partial charge in [-0.25, -0.2) is 4.98 Å². The zero-order chi connectivity index (χ0) is 16.9. The Balaban J connectivity index is 1.50. The number of carbonyl (C=O) groups excluding carboxylic acids is 1. The fourth-order valence-electron chi connectivity index (χ4n) is 2.17. The largest absolute Gasteiger partial charge is 0.497 e. The highest BCUT2D eigenvalue weighted by atomic mass is 35.5. The predicted octanol–water partition coefficient (Wildman–Crippen LogP) is 4.35. The van der Waals surface area contributed by atoms with Crippen LogP contribution in [0.25, 0.3) is 11.0 Å². The van der Waals surface area contributed by atoms with E-state index < -0.39 is 0 Å². The minimum absolute atomic E-state index is 0.0353. The molecule has 0 aliphatic heterocycles. The summed E-state index contributed by atoms with van der Waals surface area (Å²) in [6.07, 6.45) is 0.397. The Bertz CT molecular complexity index is 849. The van der Waals surface area contributed by atoms with Crippen LogP contribution in [0.5, 0.6) is 5.75 Å². The molecule has 0 bridgehead atoms. The van der Waals surface area contributed by atoms with Gasteiger partial charge in [0.15, 0.2) is 5.16 Å². The summed E-state index contributed by atoms with van der Waals surface area (Å²) >= 11 is 7.46. The number of rotatable bonds is 6. The third kappa shape index (κ3) is 4.21. The number of imidazole rings is 1. The van der Waals surface area contributed by atoms with Gasteiger partial charge in [-0.3, -0.25) is 4.79 Å². The molecule has 5 nitrogen and oxygen atoms in total. The second-order valence-corrected chi connectivity index (χ2v) is 6.60. The Morgan fingerprint density at radius 3 is 2.83 bits per heavy atom. The molecular formula is C17H16ClN3O2S. The number of amides is 1. The molecule has 0 saturated carbocycles. The third-order valence-electron chi connectivity index (χ3n) is 3.36. The number of nitrogens with zero attached hydrogens (tertiary/aromatic N) is 1. The second kappa shape index (κ2) is 7.59. The molecule has 1 amide bonds. The van der Waals surface area contributed by atoms with Crippen molar-refractivity contribution in [2.24, 2.45) is 0 Å². The standard InChI is InChI=1S/C17H16ClN3O2S/c1-23-13-5-3-12(4-6-13)19-16(22)8-9-24-17-20-14-7-2-11(18)10-15(14)21-17/h2-7,10H,8-9H2,1H3,(H,19,22)(H,20,21). The molecule has 0 saturated heterocycles. The van der Waals surface area contributed by atoms with E-state index in [0.29, 0.717) is 17.2 Å². The van der Waals surface area contributed by atoms with Gasteiger partial charge in [-0.05, 0) is 42.5 Å². The van der Waals surface area contributed by atoms with Gasteiger partial charge in [0, 0.05) is 22.9 Å². The normalized spacial score (nSPS) is 10.8. The lowest BCUT2D eigenvalue weighted by atomic mass is 10.3. The molecule has 124 valence electrons. The number of fused-ring (bicyclic) bond motifs is 1. The number of ether oxygens (including phenoxy) is 1. The zero-order valence-corrected chi connectivity index (χ0v) is 14.6. The Morgan fingerprint density at radius 2 is 2.08 bits per heavy atom. The zero-order valence-electron chi connectivity index (χ0n) is 13.0. The van der Waals surface area contributed by atoms with Crippen molar-refractivity contribution in [2.75, 3.05) is 18.2 Å². The van der Waals surface area contributed by atoms with Gasteiger partial charge in [0.1, 0.15) is 5.75 Å². The molecule has 0 radical (unpaired) electrons. The summed E-state index contributed by atoms with van der Waals surface area (Å²) in [7, 11) is 1.61. The summed E-state index contributed by atoms with van der Waals surface area (Å²) in [4.78, 5) is 19.6. The fourth-order valence-corrected chi connectivity index (χ4v) is 3.16. The van der Waals surface area contributed by atoms with Crippen molar-refractivity contribution in [1.82, 2.24) is 9.97 Å². The summed E-state index contributed by atoms with van der Waals surface area (Å²) in [6, 6.07) is 12.8. The lowest BCUT2D eigenvalue weighted by Gasteiger charge is -2.05.